The van der Waals surface area contributed by atoms with Crippen molar-refractivity contribution in [3.8, 4) is 0 Å². The number of methoxy groups -OCH3 is 1. The van der Waals surface area contributed by atoms with Crippen LogP contribution in [0.5, 0.6) is 0 Å². The van der Waals surface area contributed by atoms with Crippen molar-refractivity contribution in [2.24, 2.45) is 0 Å². The van der Waals surface area contributed by atoms with Crippen molar-refractivity contribution in [2.45, 2.75) is 50.2 Å². The number of ether oxygens (including phenoxy) is 1. The lowest BCUT2D eigenvalue weighted by molar-refractivity contribution is -0.148. The minimum Gasteiger partial charge on any atom is -0.468 e. The van der Waals surface area contributed by atoms with Crippen LogP contribution < -0.4 is 4.72 Å². The molecule has 0 radical (unpaired) electrons. The minimum absolute atomic E-state index is 0.000391. The van der Waals surface area contributed by atoms with Gasteiger partial charge in [0, 0.05) is 6.20 Å². The fourth-order valence-corrected chi connectivity index (χ4v) is 3.74. The van der Waals surface area contributed by atoms with Gasteiger partial charge in [0.25, 0.3) is 0 Å². The summed E-state index contributed by atoms with van der Waals surface area (Å²) in [5.41, 5.74) is -0.426. The van der Waals surface area contributed by atoms with Gasteiger partial charge in [-0.1, -0.05) is 13.8 Å². The molecule has 0 aliphatic heterocycles. The van der Waals surface area contributed by atoms with Crippen LogP contribution in [0.3, 0.4) is 0 Å². The summed E-state index contributed by atoms with van der Waals surface area (Å²) in [6.45, 7) is 3.74. The van der Waals surface area contributed by atoms with Crippen LogP contribution in [0.25, 0.3) is 0 Å². The van der Waals surface area contributed by atoms with Crippen molar-refractivity contribution in [2.75, 3.05) is 11.8 Å². The molecule has 0 atom stereocenters. The van der Waals surface area contributed by atoms with Crippen molar-refractivity contribution >= 4 is 21.9 Å². The Morgan fingerprint density at radius 1 is 1.41 bits per heavy atom. The lowest BCUT2D eigenvalue weighted by Gasteiger charge is -2.27. The van der Waals surface area contributed by atoms with E-state index in [-0.39, 0.29) is 17.2 Å². The number of aromatic nitrogens is 2. The SMILES string of the molecule is CCC(CC)(C(=O)OC)c1ccnc(NS(=O)(=O)C2CC2)n1. The third kappa shape index (κ3) is 3.06. The van der Waals surface area contributed by atoms with Crippen LogP contribution in [-0.2, 0) is 25.0 Å². The zero-order chi connectivity index (χ0) is 16.4. The first kappa shape index (κ1) is 16.7. The van der Waals surface area contributed by atoms with Gasteiger partial charge < -0.3 is 4.74 Å². The van der Waals surface area contributed by atoms with Crippen molar-refractivity contribution < 1.29 is 17.9 Å². The van der Waals surface area contributed by atoms with Gasteiger partial charge in [-0.2, -0.15) is 0 Å². The molecular formula is C14H21N3O4S. The molecule has 1 fully saturated rings. The topological polar surface area (TPSA) is 98.2 Å². The van der Waals surface area contributed by atoms with Gasteiger partial charge in [0.05, 0.1) is 18.1 Å². The van der Waals surface area contributed by atoms with Gasteiger partial charge in [-0.3, -0.25) is 9.52 Å². The number of rotatable bonds is 7. The van der Waals surface area contributed by atoms with Crippen molar-refractivity contribution in [1.29, 1.82) is 0 Å². The first-order valence-electron chi connectivity index (χ1n) is 7.33. The Balaban J connectivity index is 2.35. The predicted molar refractivity (Wildman–Crippen MR) is 81.9 cm³/mol. The Labute approximate surface area is 130 Å². The van der Waals surface area contributed by atoms with E-state index in [4.69, 9.17) is 4.74 Å². The van der Waals surface area contributed by atoms with E-state index in [9.17, 15) is 13.2 Å². The molecule has 122 valence electrons. The van der Waals surface area contributed by atoms with Crippen LogP contribution in [0, 0.1) is 0 Å². The van der Waals surface area contributed by atoms with E-state index in [0.29, 0.717) is 31.4 Å². The maximum Gasteiger partial charge on any atom is 0.317 e. The van der Waals surface area contributed by atoms with Gasteiger partial charge in [0.1, 0.15) is 5.41 Å². The first-order chi connectivity index (χ1) is 10.4. The van der Waals surface area contributed by atoms with Gasteiger partial charge in [-0.15, -0.1) is 0 Å². The van der Waals surface area contributed by atoms with Gasteiger partial charge in [-0.05, 0) is 31.7 Å². The molecule has 0 aromatic carbocycles. The lowest BCUT2D eigenvalue weighted by Crippen LogP contribution is -2.37. The Kier molecular flexibility index (Phi) is 4.69. The quantitative estimate of drug-likeness (QED) is 0.764. The van der Waals surface area contributed by atoms with Crippen molar-refractivity contribution in [3.63, 3.8) is 0 Å². The number of nitrogens with one attached hydrogen (secondary N) is 1. The molecule has 1 aromatic heterocycles. The smallest absolute Gasteiger partial charge is 0.317 e. The van der Waals surface area contributed by atoms with Crippen molar-refractivity contribution in [3.05, 3.63) is 18.0 Å². The molecule has 1 N–H and O–H groups in total. The molecule has 2 rings (SSSR count). The fraction of sp³-hybridized carbons (Fsp3) is 0.643. The molecule has 1 aliphatic rings. The lowest BCUT2D eigenvalue weighted by atomic mass is 9.79. The number of sulfonamides is 1. The monoisotopic (exact) mass is 327 g/mol. The van der Waals surface area contributed by atoms with E-state index in [1.165, 1.54) is 13.3 Å². The summed E-state index contributed by atoms with van der Waals surface area (Å²) in [5, 5.41) is -0.359. The van der Waals surface area contributed by atoms with E-state index in [2.05, 4.69) is 14.7 Å². The highest BCUT2D eigenvalue weighted by Gasteiger charge is 2.40. The predicted octanol–water partition coefficient (Wildman–Crippen LogP) is 1.61. The molecule has 8 heteroatoms. The molecule has 0 spiro atoms. The second-order valence-electron chi connectivity index (χ2n) is 5.39. The largest absolute Gasteiger partial charge is 0.468 e. The minimum atomic E-state index is -3.43. The highest BCUT2D eigenvalue weighted by Crippen LogP contribution is 2.33. The summed E-state index contributed by atoms with van der Waals surface area (Å²) in [4.78, 5) is 20.4. The summed E-state index contributed by atoms with van der Waals surface area (Å²) in [5.74, 6) is -0.383. The Hall–Kier alpha value is -1.70. The Morgan fingerprint density at radius 3 is 2.55 bits per heavy atom. The number of esters is 1. The van der Waals surface area contributed by atoms with Gasteiger partial charge in [-0.25, -0.2) is 18.4 Å². The molecule has 1 aliphatic carbocycles. The van der Waals surface area contributed by atoms with Crippen LogP contribution in [0.4, 0.5) is 5.95 Å². The average Bonchev–Trinajstić information content (AvgIpc) is 3.34. The maximum absolute atomic E-state index is 12.2. The number of hydrogen-bond donors (Lipinski definition) is 1. The molecule has 7 nitrogen and oxygen atoms in total. The van der Waals surface area contributed by atoms with Gasteiger partial charge in [0.2, 0.25) is 16.0 Å². The number of nitrogens with zero attached hydrogens (tertiary/aromatic N) is 2. The molecular weight excluding hydrogens is 306 g/mol. The van der Waals surface area contributed by atoms with E-state index in [0.717, 1.165) is 0 Å². The summed E-state index contributed by atoms with van der Waals surface area (Å²) >= 11 is 0. The molecule has 0 unspecified atom stereocenters. The van der Waals surface area contributed by atoms with Crippen LogP contribution in [-0.4, -0.2) is 36.7 Å². The van der Waals surface area contributed by atoms with E-state index < -0.39 is 15.4 Å². The first-order valence-corrected chi connectivity index (χ1v) is 8.87. The molecule has 1 aromatic rings. The second kappa shape index (κ2) is 6.20. The summed E-state index contributed by atoms with van der Waals surface area (Å²) in [6, 6.07) is 1.62. The fourth-order valence-electron chi connectivity index (χ4n) is 2.46. The van der Waals surface area contributed by atoms with Crippen LogP contribution in [0.2, 0.25) is 0 Å². The Morgan fingerprint density at radius 2 is 2.05 bits per heavy atom. The van der Waals surface area contributed by atoms with Crippen molar-refractivity contribution in [1.82, 2.24) is 9.97 Å². The molecule has 22 heavy (non-hydrogen) atoms. The molecule has 0 saturated heterocycles. The van der Waals surface area contributed by atoms with Gasteiger partial charge >= 0.3 is 5.97 Å². The summed E-state index contributed by atoms with van der Waals surface area (Å²) in [7, 11) is -2.10. The average molecular weight is 327 g/mol. The molecule has 1 heterocycles. The third-order valence-corrected chi connectivity index (χ3v) is 5.94. The molecule has 1 saturated carbocycles. The number of hydrogen-bond acceptors (Lipinski definition) is 6. The standard InChI is InChI=1S/C14H21N3O4S/c1-4-14(5-2,12(18)21-3)11-8-9-15-13(16-11)17-22(19,20)10-6-7-10/h8-10H,4-7H2,1-3H3,(H,15,16,17). The van der Waals surface area contributed by atoms with E-state index in [1.807, 2.05) is 13.8 Å². The maximum atomic E-state index is 12.2. The molecule has 0 bridgehead atoms. The number of carbonyl (C=O) groups excluding carboxylic acids is 1. The zero-order valence-electron chi connectivity index (χ0n) is 13.0. The highest BCUT2D eigenvalue weighted by atomic mass is 32.2. The number of carbonyl (C=O) groups is 1. The zero-order valence-corrected chi connectivity index (χ0v) is 13.8. The molecule has 0 amide bonds. The van der Waals surface area contributed by atoms with E-state index >= 15 is 0 Å². The van der Waals surface area contributed by atoms with E-state index in [1.54, 1.807) is 6.07 Å². The van der Waals surface area contributed by atoms with Crippen LogP contribution >= 0.6 is 0 Å². The third-order valence-electron chi connectivity index (χ3n) is 4.13. The van der Waals surface area contributed by atoms with Crippen LogP contribution in [0.15, 0.2) is 12.3 Å². The normalized spacial score (nSPS) is 15.4. The number of anilines is 1. The Bertz CT molecular complexity index is 652. The van der Waals surface area contributed by atoms with Gasteiger partial charge in [0.15, 0.2) is 0 Å². The summed E-state index contributed by atoms with van der Waals surface area (Å²) < 4.78 is 31.2. The highest BCUT2D eigenvalue weighted by molar-refractivity contribution is 7.93. The van der Waals surface area contributed by atoms with Crippen LogP contribution in [0.1, 0.15) is 45.2 Å². The second-order valence-corrected chi connectivity index (χ2v) is 7.35. The summed E-state index contributed by atoms with van der Waals surface area (Å²) in [6.07, 6.45) is 3.77.